The van der Waals surface area contributed by atoms with E-state index < -0.39 is 0 Å². The molecule has 0 spiro atoms. The number of thioether (sulfide) groups is 1. The first-order chi connectivity index (χ1) is 12.3. The first kappa shape index (κ1) is 15.9. The first-order valence-electron chi connectivity index (χ1n) is 7.58. The van der Waals surface area contributed by atoms with E-state index in [2.05, 4.69) is 15.2 Å². The zero-order valence-corrected chi connectivity index (χ0v) is 14.6. The summed E-state index contributed by atoms with van der Waals surface area (Å²) in [5.74, 6) is 1.22. The van der Waals surface area contributed by atoms with Crippen LogP contribution in [0.3, 0.4) is 0 Å². The second-order valence-electron chi connectivity index (χ2n) is 5.26. The van der Waals surface area contributed by atoms with E-state index in [9.17, 15) is 0 Å². The molecule has 0 bridgehead atoms. The predicted molar refractivity (Wildman–Crippen MR) is 97.9 cm³/mol. The fourth-order valence-electron chi connectivity index (χ4n) is 2.33. The summed E-state index contributed by atoms with van der Waals surface area (Å²) in [6.45, 7) is 0. The highest BCUT2D eigenvalue weighted by Crippen LogP contribution is 2.26. The summed E-state index contributed by atoms with van der Waals surface area (Å²) in [5, 5.41) is 9.69. The molecule has 25 heavy (non-hydrogen) atoms. The van der Waals surface area contributed by atoms with Crippen LogP contribution in [0.1, 0.15) is 5.69 Å². The van der Waals surface area contributed by atoms with Crippen molar-refractivity contribution in [2.45, 2.75) is 10.9 Å². The number of nitrogens with zero attached hydrogens (tertiary/aromatic N) is 4. The quantitative estimate of drug-likeness (QED) is 0.470. The van der Waals surface area contributed by atoms with Gasteiger partial charge in [0.25, 0.3) is 0 Å². The molecule has 0 saturated heterocycles. The number of halogens is 1. The minimum atomic E-state index is 0.580. The summed E-state index contributed by atoms with van der Waals surface area (Å²) in [5.41, 5.74) is 2.77. The van der Waals surface area contributed by atoms with Crippen LogP contribution in [-0.4, -0.2) is 19.7 Å². The molecule has 0 atom stereocenters. The minimum absolute atomic E-state index is 0.580. The Morgan fingerprint density at radius 1 is 1.04 bits per heavy atom. The molecule has 0 aliphatic rings. The van der Waals surface area contributed by atoms with Gasteiger partial charge in [-0.2, -0.15) is 0 Å². The highest BCUT2D eigenvalue weighted by atomic mass is 35.5. The van der Waals surface area contributed by atoms with E-state index in [1.165, 1.54) is 0 Å². The van der Waals surface area contributed by atoms with Crippen molar-refractivity contribution in [3.63, 3.8) is 0 Å². The van der Waals surface area contributed by atoms with Crippen LogP contribution in [0.2, 0.25) is 5.02 Å². The third kappa shape index (κ3) is 3.60. The third-order valence-electron chi connectivity index (χ3n) is 3.54. The Morgan fingerprint density at radius 3 is 2.64 bits per heavy atom. The second kappa shape index (κ2) is 7.13. The summed E-state index contributed by atoms with van der Waals surface area (Å²) >= 11 is 7.47. The lowest BCUT2D eigenvalue weighted by Gasteiger charge is -2.04. The van der Waals surface area contributed by atoms with Crippen molar-refractivity contribution in [3.8, 4) is 17.1 Å². The van der Waals surface area contributed by atoms with Gasteiger partial charge in [0.05, 0.1) is 5.69 Å². The lowest BCUT2D eigenvalue weighted by molar-refractivity contribution is 0.573. The molecule has 0 N–H and O–H groups in total. The highest BCUT2D eigenvalue weighted by Gasteiger charge is 2.11. The highest BCUT2D eigenvalue weighted by molar-refractivity contribution is 7.98. The maximum Gasteiger partial charge on any atom is 0.226 e. The summed E-state index contributed by atoms with van der Waals surface area (Å²) in [4.78, 5) is 4.52. The zero-order chi connectivity index (χ0) is 17.1. The van der Waals surface area contributed by atoms with Crippen molar-refractivity contribution in [3.05, 3.63) is 77.9 Å². The molecular formula is C18H13ClN4OS. The molecule has 4 rings (SSSR count). The van der Waals surface area contributed by atoms with Crippen LogP contribution in [-0.2, 0) is 5.75 Å². The molecule has 0 fully saturated rings. The summed E-state index contributed by atoms with van der Waals surface area (Å²) in [7, 11) is 0. The number of rotatable bonds is 5. The largest absolute Gasteiger partial charge is 0.444 e. The molecule has 0 saturated carbocycles. The standard InChI is InChI=1S/C18H13ClN4OS/c19-14-8-6-13(7-9-14)17-21-15(10-24-17)11-25-18-22-20-12-23(18)16-4-2-1-3-5-16/h1-10,12H,11H2. The Kier molecular flexibility index (Phi) is 4.54. The molecule has 0 aliphatic heterocycles. The molecule has 0 unspecified atom stereocenters. The normalized spacial score (nSPS) is 10.9. The van der Waals surface area contributed by atoms with Crippen LogP contribution in [0.5, 0.6) is 0 Å². The van der Waals surface area contributed by atoms with Gasteiger partial charge >= 0.3 is 0 Å². The van der Waals surface area contributed by atoms with Crippen molar-refractivity contribution in [2.75, 3.05) is 0 Å². The van der Waals surface area contributed by atoms with Crippen LogP contribution in [0, 0.1) is 0 Å². The number of hydrogen-bond donors (Lipinski definition) is 0. The van der Waals surface area contributed by atoms with Gasteiger partial charge in [0.2, 0.25) is 5.89 Å². The minimum Gasteiger partial charge on any atom is -0.444 e. The topological polar surface area (TPSA) is 56.7 Å². The molecule has 5 nitrogen and oxygen atoms in total. The number of para-hydroxylation sites is 1. The van der Waals surface area contributed by atoms with Gasteiger partial charge < -0.3 is 4.42 Å². The molecular weight excluding hydrogens is 356 g/mol. The van der Waals surface area contributed by atoms with E-state index in [1.54, 1.807) is 24.4 Å². The number of benzene rings is 2. The maximum absolute atomic E-state index is 5.91. The summed E-state index contributed by atoms with van der Waals surface area (Å²) in [6, 6.07) is 17.4. The van der Waals surface area contributed by atoms with Crippen molar-refractivity contribution < 1.29 is 4.42 Å². The lowest BCUT2D eigenvalue weighted by atomic mass is 10.2. The van der Waals surface area contributed by atoms with Gasteiger partial charge in [-0.1, -0.05) is 41.6 Å². The maximum atomic E-state index is 5.91. The molecule has 0 radical (unpaired) electrons. The first-order valence-corrected chi connectivity index (χ1v) is 8.94. The SMILES string of the molecule is Clc1ccc(-c2nc(CSc3nncn3-c3ccccc3)co2)cc1. The summed E-state index contributed by atoms with van der Waals surface area (Å²) in [6.07, 6.45) is 3.37. The van der Waals surface area contributed by atoms with Gasteiger partial charge in [-0.25, -0.2) is 4.98 Å². The second-order valence-corrected chi connectivity index (χ2v) is 6.64. The van der Waals surface area contributed by atoms with Crippen molar-refractivity contribution >= 4 is 23.4 Å². The Balaban J connectivity index is 1.48. The number of aromatic nitrogens is 4. The van der Waals surface area contributed by atoms with Gasteiger partial charge in [0.1, 0.15) is 12.6 Å². The van der Waals surface area contributed by atoms with E-state index in [1.807, 2.05) is 59.2 Å². The van der Waals surface area contributed by atoms with Crippen LogP contribution in [0.25, 0.3) is 17.1 Å². The number of hydrogen-bond acceptors (Lipinski definition) is 5. The van der Waals surface area contributed by atoms with Crippen LogP contribution in [0.15, 0.2) is 76.8 Å². The van der Waals surface area contributed by atoms with Crippen molar-refractivity contribution in [1.82, 2.24) is 19.7 Å². The van der Waals surface area contributed by atoms with Crippen LogP contribution in [0.4, 0.5) is 0 Å². The van der Waals surface area contributed by atoms with Crippen molar-refractivity contribution in [2.24, 2.45) is 0 Å². The molecule has 2 aromatic heterocycles. The van der Waals surface area contributed by atoms with Gasteiger partial charge in [0.15, 0.2) is 5.16 Å². The monoisotopic (exact) mass is 368 g/mol. The average Bonchev–Trinajstić information content (AvgIpc) is 3.31. The Hall–Kier alpha value is -2.57. The molecule has 0 aliphatic carbocycles. The molecule has 2 aromatic carbocycles. The van der Waals surface area contributed by atoms with Gasteiger partial charge in [0, 0.05) is 22.0 Å². The lowest BCUT2D eigenvalue weighted by Crippen LogP contribution is -1.94. The Bertz CT molecular complexity index is 966. The molecule has 0 amide bonds. The van der Waals surface area contributed by atoms with E-state index in [4.69, 9.17) is 16.0 Å². The fraction of sp³-hybridized carbons (Fsp3) is 0.0556. The fourth-order valence-corrected chi connectivity index (χ4v) is 3.26. The van der Waals surface area contributed by atoms with Crippen LogP contribution < -0.4 is 0 Å². The molecule has 7 heteroatoms. The molecule has 124 valence electrons. The van der Waals surface area contributed by atoms with E-state index >= 15 is 0 Å². The molecule has 4 aromatic rings. The predicted octanol–water partition coefficient (Wildman–Crippen LogP) is 4.87. The van der Waals surface area contributed by atoms with E-state index in [-0.39, 0.29) is 0 Å². The van der Waals surface area contributed by atoms with Crippen molar-refractivity contribution in [1.29, 1.82) is 0 Å². The van der Waals surface area contributed by atoms with E-state index in [0.29, 0.717) is 16.7 Å². The van der Waals surface area contributed by atoms with E-state index in [0.717, 1.165) is 22.1 Å². The smallest absolute Gasteiger partial charge is 0.226 e. The molecule has 2 heterocycles. The van der Waals surface area contributed by atoms with Crippen LogP contribution >= 0.6 is 23.4 Å². The summed E-state index contributed by atoms with van der Waals surface area (Å²) < 4.78 is 7.51. The van der Waals surface area contributed by atoms with Gasteiger partial charge in [-0.05, 0) is 36.4 Å². The number of oxazole rings is 1. The average molecular weight is 369 g/mol. The Morgan fingerprint density at radius 2 is 1.84 bits per heavy atom. The van der Waals surface area contributed by atoms with Gasteiger partial charge in [-0.15, -0.1) is 10.2 Å². The Labute approximate surface area is 153 Å². The third-order valence-corrected chi connectivity index (χ3v) is 4.77. The van der Waals surface area contributed by atoms with Gasteiger partial charge in [-0.3, -0.25) is 4.57 Å². The zero-order valence-electron chi connectivity index (χ0n) is 13.0.